The molecule has 0 aliphatic carbocycles. The molecule has 0 aromatic carbocycles. The van der Waals surface area contributed by atoms with E-state index in [-0.39, 0.29) is 5.56 Å². The molecule has 2 aromatic heterocycles. The predicted octanol–water partition coefficient (Wildman–Crippen LogP) is 0.619. The summed E-state index contributed by atoms with van der Waals surface area (Å²) in [5, 5.41) is 3.99. The van der Waals surface area contributed by atoms with E-state index in [9.17, 15) is 4.79 Å². The minimum atomic E-state index is -0.117. The van der Waals surface area contributed by atoms with Crippen LogP contribution in [0.5, 0.6) is 0 Å². The lowest BCUT2D eigenvalue weighted by molar-refractivity contribution is 0.617. The Kier molecular flexibility index (Phi) is 2.62. The van der Waals surface area contributed by atoms with Crippen LogP contribution in [0, 0.1) is 3.57 Å². The first-order valence-electron chi connectivity index (χ1n) is 3.96. The number of hydrogen-bond acceptors (Lipinski definition) is 3. The van der Waals surface area contributed by atoms with Gasteiger partial charge in [-0.1, -0.05) is 0 Å². The molecule has 0 bridgehead atoms. The second-order valence-corrected chi connectivity index (χ2v) is 3.95. The molecule has 0 saturated heterocycles. The molecule has 0 atom stereocenters. The van der Waals surface area contributed by atoms with Crippen molar-refractivity contribution in [3.8, 4) is 0 Å². The van der Waals surface area contributed by atoms with E-state index in [1.807, 2.05) is 0 Å². The Morgan fingerprint density at radius 3 is 3.07 bits per heavy atom. The van der Waals surface area contributed by atoms with Crippen molar-refractivity contribution in [1.82, 2.24) is 19.7 Å². The number of imidazole rings is 1. The molecule has 0 unspecified atom stereocenters. The maximum Gasteiger partial charge on any atom is 0.268 e. The third-order valence-corrected chi connectivity index (χ3v) is 2.28. The van der Waals surface area contributed by atoms with Crippen molar-refractivity contribution < 1.29 is 0 Å². The summed E-state index contributed by atoms with van der Waals surface area (Å²) in [5.74, 6) is 0.723. The summed E-state index contributed by atoms with van der Waals surface area (Å²) in [6, 6.07) is 1.54. The van der Waals surface area contributed by atoms with E-state index >= 15 is 0 Å². The summed E-state index contributed by atoms with van der Waals surface area (Å²) in [7, 11) is 0. The second kappa shape index (κ2) is 3.91. The van der Waals surface area contributed by atoms with Gasteiger partial charge in [0.25, 0.3) is 5.56 Å². The zero-order valence-corrected chi connectivity index (χ0v) is 9.30. The van der Waals surface area contributed by atoms with E-state index in [0.29, 0.717) is 6.54 Å². The Bertz CT molecular complexity index is 476. The van der Waals surface area contributed by atoms with Gasteiger partial charge in [0.1, 0.15) is 12.4 Å². The summed E-state index contributed by atoms with van der Waals surface area (Å²) >= 11 is 2.05. The van der Waals surface area contributed by atoms with Crippen molar-refractivity contribution in [1.29, 1.82) is 0 Å². The maximum absolute atomic E-state index is 11.4. The second-order valence-electron chi connectivity index (χ2n) is 2.71. The van der Waals surface area contributed by atoms with Crippen LogP contribution in [-0.2, 0) is 6.54 Å². The van der Waals surface area contributed by atoms with E-state index in [4.69, 9.17) is 0 Å². The molecule has 2 rings (SSSR count). The van der Waals surface area contributed by atoms with Gasteiger partial charge in [-0.3, -0.25) is 4.79 Å². The van der Waals surface area contributed by atoms with Gasteiger partial charge in [-0.15, -0.1) is 0 Å². The third-order valence-electron chi connectivity index (χ3n) is 1.69. The standard InChI is InChI=1S/C8H7IN4O/c9-6-3-8(14)13(12-4-6)5-7-10-1-2-11-7/h1-4H,5H2,(H,10,11). The highest BCUT2D eigenvalue weighted by Crippen LogP contribution is 1.97. The SMILES string of the molecule is O=c1cc(I)cnn1Cc1ncc[nH]1. The highest BCUT2D eigenvalue weighted by molar-refractivity contribution is 14.1. The van der Waals surface area contributed by atoms with Gasteiger partial charge in [0.05, 0.1) is 6.20 Å². The minimum absolute atomic E-state index is 0.117. The van der Waals surface area contributed by atoms with Crippen molar-refractivity contribution in [3.63, 3.8) is 0 Å². The summed E-state index contributed by atoms with van der Waals surface area (Å²) in [5.41, 5.74) is -0.117. The molecular formula is C8H7IN4O. The number of halogens is 1. The van der Waals surface area contributed by atoms with Gasteiger partial charge in [-0.05, 0) is 22.6 Å². The number of nitrogens with one attached hydrogen (secondary N) is 1. The van der Waals surface area contributed by atoms with Crippen molar-refractivity contribution in [2.24, 2.45) is 0 Å². The van der Waals surface area contributed by atoms with E-state index in [2.05, 4.69) is 37.7 Å². The van der Waals surface area contributed by atoms with Crippen LogP contribution in [0.4, 0.5) is 0 Å². The van der Waals surface area contributed by atoms with Gasteiger partial charge in [0, 0.05) is 22.0 Å². The number of hydrogen-bond donors (Lipinski definition) is 1. The van der Waals surface area contributed by atoms with Crippen LogP contribution < -0.4 is 5.56 Å². The Morgan fingerprint density at radius 2 is 2.43 bits per heavy atom. The molecule has 0 radical (unpaired) electrons. The lowest BCUT2D eigenvalue weighted by Crippen LogP contribution is -2.23. The average molecular weight is 302 g/mol. The molecule has 0 fully saturated rings. The fraction of sp³-hybridized carbons (Fsp3) is 0.125. The van der Waals surface area contributed by atoms with Crippen LogP contribution in [-0.4, -0.2) is 19.7 Å². The van der Waals surface area contributed by atoms with Crippen molar-refractivity contribution in [2.45, 2.75) is 6.54 Å². The molecule has 2 heterocycles. The fourth-order valence-electron chi connectivity index (χ4n) is 1.06. The van der Waals surface area contributed by atoms with Gasteiger partial charge in [-0.2, -0.15) is 5.10 Å². The lowest BCUT2D eigenvalue weighted by Gasteiger charge is -2.00. The zero-order chi connectivity index (χ0) is 9.97. The molecule has 72 valence electrons. The van der Waals surface area contributed by atoms with Crippen LogP contribution >= 0.6 is 22.6 Å². The molecule has 0 spiro atoms. The average Bonchev–Trinajstić information content (AvgIpc) is 2.62. The fourth-order valence-corrected chi connectivity index (χ4v) is 1.45. The maximum atomic E-state index is 11.4. The van der Waals surface area contributed by atoms with E-state index in [0.717, 1.165) is 9.39 Å². The molecule has 0 saturated carbocycles. The van der Waals surface area contributed by atoms with Crippen LogP contribution in [0.25, 0.3) is 0 Å². The predicted molar refractivity (Wildman–Crippen MR) is 58.9 cm³/mol. The molecule has 0 aliphatic heterocycles. The topological polar surface area (TPSA) is 63.6 Å². The molecule has 14 heavy (non-hydrogen) atoms. The zero-order valence-electron chi connectivity index (χ0n) is 7.14. The van der Waals surface area contributed by atoms with E-state index in [1.54, 1.807) is 18.6 Å². The first-order valence-corrected chi connectivity index (χ1v) is 5.04. The molecule has 0 amide bonds. The third kappa shape index (κ3) is 2.00. The van der Waals surface area contributed by atoms with Crippen LogP contribution in [0.3, 0.4) is 0 Å². The largest absolute Gasteiger partial charge is 0.347 e. The van der Waals surface area contributed by atoms with Crippen molar-refractivity contribution in [2.75, 3.05) is 0 Å². The van der Waals surface area contributed by atoms with Crippen LogP contribution in [0.2, 0.25) is 0 Å². The number of H-pyrrole nitrogens is 1. The van der Waals surface area contributed by atoms with Gasteiger partial charge in [0.2, 0.25) is 0 Å². The summed E-state index contributed by atoms with van der Waals surface area (Å²) in [6.07, 6.45) is 5.00. The highest BCUT2D eigenvalue weighted by atomic mass is 127. The minimum Gasteiger partial charge on any atom is -0.347 e. The Labute approximate surface area is 93.3 Å². The Hall–Kier alpha value is -1.18. The number of aromatic nitrogens is 4. The van der Waals surface area contributed by atoms with Gasteiger partial charge >= 0.3 is 0 Å². The highest BCUT2D eigenvalue weighted by Gasteiger charge is 2.00. The number of nitrogens with zero attached hydrogens (tertiary/aromatic N) is 3. The molecule has 1 N–H and O–H groups in total. The molecule has 5 nitrogen and oxygen atoms in total. The summed E-state index contributed by atoms with van der Waals surface area (Å²) < 4.78 is 2.20. The quantitative estimate of drug-likeness (QED) is 0.827. The van der Waals surface area contributed by atoms with Crippen molar-refractivity contribution >= 4 is 22.6 Å². The van der Waals surface area contributed by atoms with Crippen molar-refractivity contribution in [3.05, 3.63) is 44.4 Å². The van der Waals surface area contributed by atoms with Crippen LogP contribution in [0.15, 0.2) is 29.5 Å². The normalized spacial score (nSPS) is 10.4. The summed E-state index contributed by atoms with van der Waals surface area (Å²) in [4.78, 5) is 18.4. The number of aromatic amines is 1. The monoisotopic (exact) mass is 302 g/mol. The molecule has 0 aliphatic rings. The molecule has 6 heteroatoms. The van der Waals surface area contributed by atoms with Crippen LogP contribution in [0.1, 0.15) is 5.82 Å². The smallest absolute Gasteiger partial charge is 0.268 e. The van der Waals surface area contributed by atoms with Gasteiger partial charge in [-0.25, -0.2) is 9.67 Å². The first kappa shape index (κ1) is 9.38. The first-order chi connectivity index (χ1) is 6.75. The number of rotatable bonds is 2. The van der Waals surface area contributed by atoms with Gasteiger partial charge in [0.15, 0.2) is 0 Å². The Balaban J connectivity index is 2.30. The molecular weight excluding hydrogens is 295 g/mol. The van der Waals surface area contributed by atoms with E-state index < -0.39 is 0 Å². The summed E-state index contributed by atoms with van der Waals surface area (Å²) in [6.45, 7) is 0.378. The molecule has 2 aromatic rings. The lowest BCUT2D eigenvalue weighted by atomic mass is 10.5. The Morgan fingerprint density at radius 1 is 1.57 bits per heavy atom. The van der Waals surface area contributed by atoms with Gasteiger partial charge < -0.3 is 4.98 Å². The van der Waals surface area contributed by atoms with E-state index in [1.165, 1.54) is 10.7 Å².